The van der Waals surface area contributed by atoms with Crippen LogP contribution < -0.4 is 5.32 Å². The maximum absolute atomic E-state index is 12.1. The molecule has 1 N–H and O–H groups in total. The fourth-order valence-electron chi connectivity index (χ4n) is 2.37. The molecule has 0 aliphatic heterocycles. The Hall–Kier alpha value is -2.32. The predicted molar refractivity (Wildman–Crippen MR) is 110 cm³/mol. The highest BCUT2D eigenvalue weighted by Crippen LogP contribution is 2.22. The van der Waals surface area contributed by atoms with Crippen molar-refractivity contribution in [1.82, 2.24) is 25.1 Å². The molecule has 0 radical (unpaired) electrons. The number of aromatic nitrogens is 4. The van der Waals surface area contributed by atoms with Crippen LogP contribution in [0, 0.1) is 6.92 Å². The maximum Gasteiger partial charge on any atom is 0.230 e. The Kier molecular flexibility index (Phi) is 6.89. The molecule has 8 heteroatoms. The third-order valence-electron chi connectivity index (χ3n) is 3.82. The van der Waals surface area contributed by atoms with Crippen LogP contribution >= 0.6 is 23.5 Å². The summed E-state index contributed by atoms with van der Waals surface area (Å²) in [6.45, 7) is 2.71. The van der Waals surface area contributed by atoms with Gasteiger partial charge in [-0.1, -0.05) is 29.5 Å². The molecule has 3 aromatic rings. The molecule has 6 nitrogen and oxygen atoms in total. The lowest BCUT2D eigenvalue weighted by atomic mass is 10.2. The van der Waals surface area contributed by atoms with Gasteiger partial charge in [-0.3, -0.25) is 9.78 Å². The zero-order chi connectivity index (χ0) is 19.1. The molecule has 3 rings (SSSR count). The van der Waals surface area contributed by atoms with E-state index in [1.807, 2.05) is 23.7 Å². The van der Waals surface area contributed by atoms with Gasteiger partial charge in [0.05, 0.1) is 5.75 Å². The number of benzene rings is 1. The van der Waals surface area contributed by atoms with Crippen LogP contribution in [0.15, 0.2) is 58.8 Å². The van der Waals surface area contributed by atoms with Crippen LogP contribution in [0.3, 0.4) is 0 Å². The molecular formula is C19H21N5OS2. The highest BCUT2D eigenvalue weighted by Gasteiger charge is 2.12. The molecule has 140 valence electrons. The zero-order valence-corrected chi connectivity index (χ0v) is 16.9. The number of hydrogen-bond donors (Lipinski definition) is 1. The summed E-state index contributed by atoms with van der Waals surface area (Å²) in [6, 6.07) is 12.2. The Bertz CT molecular complexity index is 881. The van der Waals surface area contributed by atoms with Crippen LogP contribution in [0.2, 0.25) is 0 Å². The molecule has 2 aromatic heterocycles. The number of nitrogens with one attached hydrogen (secondary N) is 1. The number of pyridine rings is 1. The molecule has 0 atom stereocenters. The van der Waals surface area contributed by atoms with E-state index in [0.717, 1.165) is 17.1 Å². The Morgan fingerprint density at radius 2 is 1.81 bits per heavy atom. The van der Waals surface area contributed by atoms with E-state index in [4.69, 9.17) is 0 Å². The normalized spacial score (nSPS) is 10.7. The van der Waals surface area contributed by atoms with Gasteiger partial charge in [0.15, 0.2) is 11.0 Å². The number of hydrogen-bond acceptors (Lipinski definition) is 6. The van der Waals surface area contributed by atoms with E-state index in [1.54, 1.807) is 24.2 Å². The van der Waals surface area contributed by atoms with Gasteiger partial charge in [-0.05, 0) is 31.2 Å². The number of nitrogens with zero attached hydrogens (tertiary/aromatic N) is 4. The average Bonchev–Trinajstić information content (AvgIpc) is 3.06. The van der Waals surface area contributed by atoms with Gasteiger partial charge in [-0.15, -0.1) is 22.0 Å². The van der Waals surface area contributed by atoms with E-state index < -0.39 is 0 Å². The number of amides is 1. The molecule has 27 heavy (non-hydrogen) atoms. The Balaban J connectivity index is 1.42. The largest absolute Gasteiger partial charge is 0.355 e. The van der Waals surface area contributed by atoms with Crippen molar-refractivity contribution in [2.45, 2.75) is 17.0 Å². The minimum Gasteiger partial charge on any atom is -0.355 e. The molecule has 0 saturated carbocycles. The van der Waals surface area contributed by atoms with E-state index in [1.165, 1.54) is 22.2 Å². The van der Waals surface area contributed by atoms with Crippen LogP contribution in [-0.2, 0) is 11.8 Å². The van der Waals surface area contributed by atoms with Crippen LogP contribution in [0.4, 0.5) is 0 Å². The number of carbonyl (C=O) groups excluding carboxylic acids is 1. The summed E-state index contributed by atoms with van der Waals surface area (Å²) < 4.78 is 1.89. The molecule has 1 amide bonds. The van der Waals surface area contributed by atoms with Gasteiger partial charge < -0.3 is 9.88 Å². The van der Waals surface area contributed by atoms with E-state index in [9.17, 15) is 4.79 Å². The zero-order valence-electron chi connectivity index (χ0n) is 15.3. The quantitative estimate of drug-likeness (QED) is 0.463. The average molecular weight is 400 g/mol. The molecule has 0 spiro atoms. The van der Waals surface area contributed by atoms with Gasteiger partial charge in [0.2, 0.25) is 5.91 Å². The summed E-state index contributed by atoms with van der Waals surface area (Å²) in [5.41, 5.74) is 2.20. The molecule has 1 aromatic carbocycles. The Morgan fingerprint density at radius 3 is 2.56 bits per heavy atom. The number of rotatable bonds is 8. The minimum atomic E-state index is -0.00188. The van der Waals surface area contributed by atoms with Gasteiger partial charge in [-0.25, -0.2) is 0 Å². The van der Waals surface area contributed by atoms with Crippen molar-refractivity contribution in [2.75, 3.05) is 18.1 Å². The first-order chi connectivity index (χ1) is 13.1. The van der Waals surface area contributed by atoms with Crippen LogP contribution in [0.5, 0.6) is 0 Å². The topological polar surface area (TPSA) is 72.7 Å². The van der Waals surface area contributed by atoms with Crippen molar-refractivity contribution in [2.24, 2.45) is 7.05 Å². The third kappa shape index (κ3) is 5.58. The molecule has 0 fully saturated rings. The van der Waals surface area contributed by atoms with E-state index in [2.05, 4.69) is 51.7 Å². The van der Waals surface area contributed by atoms with Crippen LogP contribution in [-0.4, -0.2) is 43.7 Å². The second kappa shape index (κ2) is 9.57. The number of carbonyl (C=O) groups is 1. The predicted octanol–water partition coefficient (Wildman–Crippen LogP) is 3.19. The van der Waals surface area contributed by atoms with E-state index >= 15 is 0 Å². The smallest absolute Gasteiger partial charge is 0.230 e. The monoisotopic (exact) mass is 399 g/mol. The number of thioether (sulfide) groups is 2. The van der Waals surface area contributed by atoms with Crippen molar-refractivity contribution in [3.8, 4) is 11.4 Å². The molecule has 0 bridgehead atoms. The summed E-state index contributed by atoms with van der Waals surface area (Å²) in [4.78, 5) is 17.3. The minimum absolute atomic E-state index is 0.00188. The van der Waals surface area contributed by atoms with Gasteiger partial charge >= 0.3 is 0 Å². The van der Waals surface area contributed by atoms with Crippen molar-refractivity contribution in [3.05, 3.63) is 54.4 Å². The van der Waals surface area contributed by atoms with Gasteiger partial charge in [0.1, 0.15) is 0 Å². The summed E-state index contributed by atoms with van der Waals surface area (Å²) in [7, 11) is 1.90. The van der Waals surface area contributed by atoms with Crippen LogP contribution in [0.25, 0.3) is 11.4 Å². The van der Waals surface area contributed by atoms with Gasteiger partial charge in [0, 0.05) is 42.2 Å². The summed E-state index contributed by atoms with van der Waals surface area (Å²) in [5, 5.41) is 12.0. The van der Waals surface area contributed by atoms with Crippen molar-refractivity contribution < 1.29 is 4.79 Å². The fraction of sp³-hybridized carbons (Fsp3) is 0.263. The Morgan fingerprint density at radius 1 is 1.07 bits per heavy atom. The van der Waals surface area contributed by atoms with E-state index in [0.29, 0.717) is 17.5 Å². The second-order valence-corrected chi connectivity index (χ2v) is 8.01. The third-order valence-corrected chi connectivity index (χ3v) is 5.85. The van der Waals surface area contributed by atoms with Gasteiger partial charge in [0.25, 0.3) is 0 Å². The van der Waals surface area contributed by atoms with Crippen molar-refractivity contribution in [1.29, 1.82) is 0 Å². The van der Waals surface area contributed by atoms with Crippen molar-refractivity contribution in [3.63, 3.8) is 0 Å². The SMILES string of the molecule is Cc1ccc(SCCNC(=O)CSc2nnc(-c3ccncc3)n2C)cc1. The summed E-state index contributed by atoms with van der Waals surface area (Å²) in [6.07, 6.45) is 3.44. The molecule has 0 aliphatic carbocycles. The molecule has 2 heterocycles. The highest BCUT2D eigenvalue weighted by molar-refractivity contribution is 7.99. The molecule has 0 saturated heterocycles. The lowest BCUT2D eigenvalue weighted by Gasteiger charge is -2.06. The highest BCUT2D eigenvalue weighted by atomic mass is 32.2. The fourth-order valence-corrected chi connectivity index (χ4v) is 3.88. The summed E-state index contributed by atoms with van der Waals surface area (Å²) >= 11 is 3.12. The molecular weight excluding hydrogens is 378 g/mol. The lowest BCUT2D eigenvalue weighted by Crippen LogP contribution is -2.27. The first-order valence-electron chi connectivity index (χ1n) is 8.52. The van der Waals surface area contributed by atoms with Crippen molar-refractivity contribution >= 4 is 29.4 Å². The second-order valence-electron chi connectivity index (χ2n) is 5.90. The molecule has 0 unspecified atom stereocenters. The first-order valence-corrected chi connectivity index (χ1v) is 10.5. The lowest BCUT2D eigenvalue weighted by molar-refractivity contribution is -0.118. The molecule has 0 aliphatic rings. The van der Waals surface area contributed by atoms with Gasteiger partial charge in [-0.2, -0.15) is 0 Å². The Labute approximate surface area is 167 Å². The standard InChI is InChI=1S/C19H21N5OS2/c1-14-3-5-16(6-4-14)26-12-11-21-17(25)13-27-19-23-22-18(24(19)2)15-7-9-20-10-8-15/h3-10H,11-13H2,1-2H3,(H,21,25). The number of aryl methyl sites for hydroxylation is 1. The van der Waals surface area contributed by atoms with E-state index in [-0.39, 0.29) is 5.91 Å². The maximum atomic E-state index is 12.1. The first kappa shape index (κ1) is 19.4. The van der Waals surface area contributed by atoms with Crippen LogP contribution in [0.1, 0.15) is 5.56 Å². The summed E-state index contributed by atoms with van der Waals surface area (Å²) in [5.74, 6) is 1.92.